The van der Waals surface area contributed by atoms with E-state index in [-0.39, 0.29) is 47.7 Å². The number of nitrogens with one attached hydrogen (secondary N) is 1. The van der Waals surface area contributed by atoms with E-state index in [1.807, 2.05) is 12.1 Å². The maximum Gasteiger partial charge on any atom is 0.509 e. The lowest BCUT2D eigenvalue weighted by atomic mass is 9.44. The second kappa shape index (κ2) is 20.9. The largest absolute Gasteiger partial charge is 0.509 e. The highest BCUT2D eigenvalue weighted by molar-refractivity contribution is 8.76. The summed E-state index contributed by atoms with van der Waals surface area (Å²) < 4.78 is 41.4. The molecule has 71 heavy (non-hydrogen) atoms. The lowest BCUT2D eigenvalue weighted by molar-refractivity contribution is -0.346. The number of fused-ring (bicyclic) bond motifs is 5. The van der Waals surface area contributed by atoms with Crippen molar-refractivity contribution in [2.75, 3.05) is 19.0 Å². The molecular weight excluding hydrogens is 961 g/mol. The molecule has 4 N–H and O–H groups in total. The van der Waals surface area contributed by atoms with Crippen molar-refractivity contribution in [3.05, 3.63) is 107 Å². The Morgan fingerprint density at radius 2 is 1.61 bits per heavy atom. The zero-order valence-corrected chi connectivity index (χ0v) is 42.3. The summed E-state index contributed by atoms with van der Waals surface area (Å²) in [5, 5.41) is 41.6. The van der Waals surface area contributed by atoms with E-state index in [1.54, 1.807) is 81.6 Å². The van der Waals surface area contributed by atoms with E-state index in [0.717, 1.165) is 11.9 Å². The van der Waals surface area contributed by atoms with Gasteiger partial charge in [0.1, 0.15) is 53.3 Å². The van der Waals surface area contributed by atoms with Crippen molar-refractivity contribution < 1.29 is 77.2 Å². The molecule has 2 aromatic carbocycles. The molecule has 2 bridgehead atoms. The molecule has 1 aromatic heterocycles. The van der Waals surface area contributed by atoms with Gasteiger partial charge >= 0.3 is 30.2 Å². The van der Waals surface area contributed by atoms with E-state index >= 15 is 9.59 Å². The number of ether oxygens (including phenoxy) is 7. The van der Waals surface area contributed by atoms with Crippen LogP contribution in [0.25, 0.3) is 0 Å². The summed E-state index contributed by atoms with van der Waals surface area (Å²) in [5.74, 6) is -5.26. The van der Waals surface area contributed by atoms with Gasteiger partial charge in [0.25, 0.3) is 0 Å². The monoisotopic (exact) mass is 1020 g/mol. The number of aromatic nitrogens is 1. The molecule has 382 valence electrons. The summed E-state index contributed by atoms with van der Waals surface area (Å²) in [6, 6.07) is 19.8. The molecule has 3 fully saturated rings. The van der Waals surface area contributed by atoms with Gasteiger partial charge in [-0.2, -0.15) is 0 Å². The highest BCUT2D eigenvalue weighted by atomic mass is 33.1. The normalized spacial score (nSPS) is 29.5. The fraction of sp³-hybridized carbons (Fsp3) is 0.510. The summed E-state index contributed by atoms with van der Waals surface area (Å²) in [5.41, 5.74) is -8.69. The highest BCUT2D eigenvalue weighted by Crippen LogP contribution is 2.64. The fourth-order valence-corrected chi connectivity index (χ4v) is 12.2. The minimum Gasteiger partial charge on any atom is -0.455 e. The van der Waals surface area contributed by atoms with Crippen molar-refractivity contribution in [1.29, 1.82) is 0 Å². The molecule has 0 spiro atoms. The summed E-state index contributed by atoms with van der Waals surface area (Å²) in [6.07, 6.45) is -11.6. The van der Waals surface area contributed by atoms with Crippen LogP contribution in [-0.2, 0) is 47.5 Å². The molecular formula is C51H60N2O16S2. The zero-order chi connectivity index (χ0) is 51.7. The molecule has 4 aliphatic rings. The number of hydrogen-bond donors (Lipinski definition) is 4. The van der Waals surface area contributed by atoms with Crippen LogP contribution < -0.4 is 5.32 Å². The third-order valence-electron chi connectivity index (χ3n) is 13.9. The van der Waals surface area contributed by atoms with E-state index in [0.29, 0.717) is 0 Å². The number of esters is 3. The molecule has 18 nitrogen and oxygen atoms in total. The van der Waals surface area contributed by atoms with Crippen LogP contribution in [0.15, 0.2) is 101 Å². The number of rotatable bonds is 14. The number of amides is 1. The molecule has 2 saturated carbocycles. The molecule has 2 heterocycles. The van der Waals surface area contributed by atoms with Crippen molar-refractivity contribution in [3.63, 3.8) is 0 Å². The van der Waals surface area contributed by atoms with Crippen LogP contribution in [0.4, 0.5) is 9.59 Å². The molecule has 20 heteroatoms. The number of benzene rings is 2. The van der Waals surface area contributed by atoms with Gasteiger partial charge < -0.3 is 53.8 Å². The molecule has 1 amide bonds. The Labute approximate surface area is 419 Å². The lowest BCUT2D eigenvalue weighted by Gasteiger charge is -2.67. The Morgan fingerprint density at radius 3 is 2.21 bits per heavy atom. The van der Waals surface area contributed by atoms with Crippen molar-refractivity contribution in [1.82, 2.24) is 10.3 Å². The maximum absolute atomic E-state index is 15.2. The highest BCUT2D eigenvalue weighted by Gasteiger charge is 2.78. The van der Waals surface area contributed by atoms with Gasteiger partial charge in [-0.25, -0.2) is 24.2 Å². The number of nitrogens with zero attached hydrogens (tertiary/aromatic N) is 1. The molecule has 0 radical (unpaired) electrons. The first-order valence-corrected chi connectivity index (χ1v) is 25.5. The van der Waals surface area contributed by atoms with E-state index in [9.17, 15) is 34.5 Å². The van der Waals surface area contributed by atoms with Gasteiger partial charge in [0.15, 0.2) is 11.4 Å². The van der Waals surface area contributed by atoms with Crippen LogP contribution in [0.3, 0.4) is 0 Å². The summed E-state index contributed by atoms with van der Waals surface area (Å²) in [4.78, 5) is 89.0. The molecule has 1 aliphatic heterocycles. The number of pyridine rings is 1. The summed E-state index contributed by atoms with van der Waals surface area (Å²) in [6.45, 7) is 11.5. The molecule has 2 unspecified atom stereocenters. The second-order valence-electron chi connectivity index (χ2n) is 19.8. The Morgan fingerprint density at radius 1 is 0.944 bits per heavy atom. The SMILES string of the molecule is CC(=O)O[C@@]12CO[C@@H]1C[C@H](O)[C@@]1(C)C(=O)[C@H](O)C3=C(C)[C@@H](OC(=O)[C@H](OC(=O)OCCSSc4ccccn4)[C@@H](NC(=O)OC(C)(C)C)c4ccccc4)C[C@@](O)(C(OC(=O)c4ccccc4)C12)C3(C)C. The van der Waals surface area contributed by atoms with E-state index < -0.39 is 119 Å². The van der Waals surface area contributed by atoms with Crippen molar-refractivity contribution in [3.8, 4) is 0 Å². The average Bonchev–Trinajstić information content (AvgIpc) is 3.31. The second-order valence-corrected chi connectivity index (χ2v) is 22.3. The minimum atomic E-state index is -2.44. The number of alkyl carbamates (subject to hydrolysis) is 1. The van der Waals surface area contributed by atoms with E-state index in [2.05, 4.69) is 10.3 Å². The van der Waals surface area contributed by atoms with Gasteiger partial charge in [0.2, 0.25) is 6.10 Å². The van der Waals surface area contributed by atoms with E-state index in [1.165, 1.54) is 61.4 Å². The Balaban J connectivity index is 1.31. The fourth-order valence-electron chi connectivity index (χ4n) is 10.5. The molecule has 3 aromatic rings. The van der Waals surface area contributed by atoms with Crippen molar-refractivity contribution >= 4 is 57.5 Å². The number of hydrogen-bond acceptors (Lipinski definition) is 19. The lowest BCUT2D eigenvalue weighted by Crippen LogP contribution is -2.81. The molecule has 1 saturated heterocycles. The third kappa shape index (κ3) is 10.6. The Kier molecular flexibility index (Phi) is 15.7. The summed E-state index contributed by atoms with van der Waals surface area (Å²) >= 11 is 0. The average molecular weight is 1020 g/mol. The Bertz CT molecular complexity index is 2510. The van der Waals surface area contributed by atoms with Crippen LogP contribution in [0.1, 0.15) is 90.2 Å². The first-order valence-electron chi connectivity index (χ1n) is 23.1. The van der Waals surface area contributed by atoms with Gasteiger partial charge in [-0.15, -0.1) is 0 Å². The zero-order valence-electron chi connectivity index (χ0n) is 40.6. The van der Waals surface area contributed by atoms with Gasteiger partial charge in [-0.3, -0.25) is 9.59 Å². The standard InChI is InChI=1S/C51H60N2O16S2/c1-28-32(65-44(59)39(66-46(61)63-23-24-70-71-35-21-15-16-22-52-35)37(30-17-11-9-12-18-30)53-45(60)69-47(3,4)5)26-51(62)42(67-43(58)31-19-13-10-14-20-31)40-49(8,41(57)38(56)36(28)48(51,6)7)33(55)25-34-50(40,27-64-34)68-29(2)54/h9-22,32-34,37-40,42,55-56,62H,23-27H2,1-8H3,(H,53,60)/t32-,33-,34+,37-,38+,39+,40?,42?,49+,50-,51+/m0/s1. The van der Waals surface area contributed by atoms with Gasteiger partial charge in [0, 0.05) is 37.1 Å². The third-order valence-corrected chi connectivity index (χ3v) is 16.2. The quantitative estimate of drug-likeness (QED) is 0.0457. The van der Waals surface area contributed by atoms with Crippen molar-refractivity contribution in [2.24, 2.45) is 16.7 Å². The van der Waals surface area contributed by atoms with Crippen LogP contribution in [-0.4, -0.2) is 129 Å². The number of Topliss-reactive ketones (excluding diaryl/α,β-unsaturated/α-hetero) is 1. The maximum atomic E-state index is 15.2. The first-order chi connectivity index (χ1) is 33.4. The van der Waals surface area contributed by atoms with Gasteiger partial charge in [-0.1, -0.05) is 79.2 Å². The molecule has 3 aliphatic carbocycles. The topological polar surface area (TPSA) is 253 Å². The van der Waals surface area contributed by atoms with E-state index in [4.69, 9.17) is 33.2 Å². The van der Waals surface area contributed by atoms with Gasteiger partial charge in [0.05, 0.1) is 29.6 Å². The predicted molar refractivity (Wildman–Crippen MR) is 256 cm³/mol. The minimum absolute atomic E-state index is 0.0518. The smallest absolute Gasteiger partial charge is 0.455 e. The molecule has 11 atom stereocenters. The summed E-state index contributed by atoms with van der Waals surface area (Å²) in [7, 11) is 2.70. The number of carbonyl (C=O) groups excluding carboxylic acids is 6. The number of aliphatic hydroxyl groups is 3. The van der Waals surface area contributed by atoms with Crippen LogP contribution in [0, 0.1) is 16.7 Å². The van der Waals surface area contributed by atoms with Crippen LogP contribution >= 0.6 is 21.6 Å². The number of ketones is 1. The first kappa shape index (κ1) is 53.3. The van der Waals surface area contributed by atoms with Crippen molar-refractivity contribution in [2.45, 2.75) is 133 Å². The van der Waals surface area contributed by atoms with Crippen LogP contribution in [0.5, 0.6) is 0 Å². The Hall–Kier alpha value is -5.51. The number of carbonyl (C=O) groups is 6. The predicted octanol–water partition coefficient (Wildman–Crippen LogP) is 6.26. The van der Waals surface area contributed by atoms with Crippen LogP contribution in [0.2, 0.25) is 0 Å². The molecule has 7 rings (SSSR count). The number of aliphatic hydroxyl groups excluding tert-OH is 2. The van der Waals surface area contributed by atoms with Gasteiger partial charge in [-0.05, 0) is 86.4 Å².